The van der Waals surface area contributed by atoms with Crippen molar-refractivity contribution in [3.05, 3.63) is 17.0 Å². The number of nitrogens with zero attached hydrogens (tertiary/aromatic N) is 3. The van der Waals surface area contributed by atoms with Gasteiger partial charge in [0.15, 0.2) is 0 Å². The van der Waals surface area contributed by atoms with Gasteiger partial charge in [0.1, 0.15) is 5.76 Å². The van der Waals surface area contributed by atoms with Crippen LogP contribution in [-0.2, 0) is 16.6 Å². The highest BCUT2D eigenvalue weighted by Gasteiger charge is 2.48. The van der Waals surface area contributed by atoms with Gasteiger partial charge in [0, 0.05) is 31.7 Å². The molecule has 1 atom stereocenters. The lowest BCUT2D eigenvalue weighted by molar-refractivity contribution is 0.0930. The molecule has 1 spiro atoms. The van der Waals surface area contributed by atoms with Crippen molar-refractivity contribution in [1.82, 2.24) is 14.4 Å². The van der Waals surface area contributed by atoms with Gasteiger partial charge in [-0.1, -0.05) is 5.16 Å². The second-order valence-corrected chi connectivity index (χ2v) is 10.2. The highest BCUT2D eigenvalue weighted by molar-refractivity contribution is 7.90. The number of sulfonamides is 1. The average Bonchev–Trinajstić information content (AvgIpc) is 3.27. The maximum absolute atomic E-state index is 12.5. The van der Waals surface area contributed by atoms with Crippen LogP contribution in [0.1, 0.15) is 49.1 Å². The number of hydrogen-bond donors (Lipinski definition) is 0. The highest BCUT2D eigenvalue weighted by atomic mass is 32.2. The standard InChI is InChI=1S/C17H27N3O3S/c1-13-16(14(2)23-18-13)10-19-8-3-6-17(11-19)7-9-20(12-17)24(21,22)15-4-5-15/h15H,3-12H2,1-2H3. The molecule has 0 aromatic carbocycles. The van der Waals surface area contributed by atoms with E-state index >= 15 is 0 Å². The van der Waals surface area contributed by atoms with Crippen molar-refractivity contribution in [3.63, 3.8) is 0 Å². The molecule has 0 N–H and O–H groups in total. The Labute approximate surface area is 144 Å². The van der Waals surface area contributed by atoms with Gasteiger partial charge in [0.2, 0.25) is 10.0 Å². The summed E-state index contributed by atoms with van der Waals surface area (Å²) in [5.41, 5.74) is 2.29. The van der Waals surface area contributed by atoms with E-state index in [2.05, 4.69) is 10.1 Å². The van der Waals surface area contributed by atoms with E-state index in [1.807, 2.05) is 13.8 Å². The van der Waals surface area contributed by atoms with Gasteiger partial charge in [-0.05, 0) is 57.9 Å². The second-order valence-electron chi connectivity index (χ2n) is 7.94. The molecule has 3 heterocycles. The van der Waals surface area contributed by atoms with Gasteiger partial charge in [-0.3, -0.25) is 4.90 Å². The van der Waals surface area contributed by atoms with Crippen LogP contribution in [0, 0.1) is 19.3 Å². The molecule has 0 radical (unpaired) electrons. The molecule has 6 nitrogen and oxygen atoms in total. The number of rotatable bonds is 4. The predicted octanol–water partition coefficient (Wildman–Crippen LogP) is 2.07. The first-order valence-electron chi connectivity index (χ1n) is 9.03. The topological polar surface area (TPSA) is 66.7 Å². The summed E-state index contributed by atoms with van der Waals surface area (Å²) in [6.07, 6.45) is 4.98. The van der Waals surface area contributed by atoms with Gasteiger partial charge >= 0.3 is 0 Å². The Kier molecular flexibility index (Phi) is 4.01. The van der Waals surface area contributed by atoms with Crippen LogP contribution in [-0.4, -0.2) is 54.2 Å². The molecule has 2 saturated heterocycles. The van der Waals surface area contributed by atoms with Crippen molar-refractivity contribution in [2.75, 3.05) is 26.2 Å². The van der Waals surface area contributed by atoms with Gasteiger partial charge in [-0.2, -0.15) is 0 Å². The lowest BCUT2D eigenvalue weighted by atomic mass is 9.79. The second kappa shape index (κ2) is 5.81. The van der Waals surface area contributed by atoms with Crippen LogP contribution in [0.2, 0.25) is 0 Å². The summed E-state index contributed by atoms with van der Waals surface area (Å²) < 4.78 is 32.1. The zero-order valence-electron chi connectivity index (χ0n) is 14.6. The summed E-state index contributed by atoms with van der Waals surface area (Å²) >= 11 is 0. The van der Waals surface area contributed by atoms with E-state index in [9.17, 15) is 8.42 Å². The summed E-state index contributed by atoms with van der Waals surface area (Å²) in [7, 11) is -3.03. The molecule has 1 saturated carbocycles. The fraction of sp³-hybridized carbons (Fsp3) is 0.824. The monoisotopic (exact) mass is 353 g/mol. The fourth-order valence-electron chi connectivity index (χ4n) is 4.42. The van der Waals surface area contributed by atoms with Crippen molar-refractivity contribution in [2.24, 2.45) is 5.41 Å². The number of piperidine rings is 1. The van der Waals surface area contributed by atoms with Crippen molar-refractivity contribution in [3.8, 4) is 0 Å². The minimum absolute atomic E-state index is 0.0883. The lowest BCUT2D eigenvalue weighted by Gasteiger charge is -2.40. The number of likely N-dealkylation sites (tertiary alicyclic amines) is 1. The molecule has 4 rings (SSSR count). The lowest BCUT2D eigenvalue weighted by Crippen LogP contribution is -2.45. The van der Waals surface area contributed by atoms with Gasteiger partial charge in [0.25, 0.3) is 0 Å². The maximum Gasteiger partial charge on any atom is 0.217 e. The van der Waals surface area contributed by atoms with Crippen LogP contribution in [0.15, 0.2) is 4.52 Å². The maximum atomic E-state index is 12.5. The Hall–Kier alpha value is -0.920. The van der Waals surface area contributed by atoms with Crippen LogP contribution in [0.4, 0.5) is 0 Å². The van der Waals surface area contributed by atoms with Gasteiger partial charge in [0.05, 0.1) is 10.9 Å². The fourth-order valence-corrected chi connectivity index (χ4v) is 6.37. The minimum Gasteiger partial charge on any atom is -0.361 e. The van der Waals surface area contributed by atoms with Gasteiger partial charge < -0.3 is 4.52 Å². The van der Waals surface area contributed by atoms with E-state index in [1.165, 1.54) is 5.56 Å². The van der Waals surface area contributed by atoms with E-state index in [0.29, 0.717) is 13.1 Å². The van der Waals surface area contributed by atoms with Gasteiger partial charge in [-0.15, -0.1) is 0 Å². The molecule has 2 aliphatic heterocycles. The van der Waals surface area contributed by atoms with Crippen LogP contribution < -0.4 is 0 Å². The Morgan fingerprint density at radius 1 is 1.21 bits per heavy atom. The zero-order valence-corrected chi connectivity index (χ0v) is 15.4. The Morgan fingerprint density at radius 2 is 2.00 bits per heavy atom. The SMILES string of the molecule is Cc1noc(C)c1CN1CCCC2(CCN(S(=O)(=O)C3CC3)C2)C1. The average molecular weight is 353 g/mol. The Morgan fingerprint density at radius 3 is 2.67 bits per heavy atom. The van der Waals surface area contributed by atoms with Crippen molar-refractivity contribution in [2.45, 2.75) is 57.7 Å². The van der Waals surface area contributed by atoms with Crippen LogP contribution in [0.25, 0.3) is 0 Å². The first-order chi connectivity index (χ1) is 11.4. The summed E-state index contributed by atoms with van der Waals surface area (Å²) in [4.78, 5) is 2.46. The van der Waals surface area contributed by atoms with Crippen LogP contribution >= 0.6 is 0 Å². The Bertz CT molecular complexity index is 706. The van der Waals surface area contributed by atoms with E-state index in [-0.39, 0.29) is 10.7 Å². The third-order valence-electron chi connectivity index (χ3n) is 6.01. The molecular weight excluding hydrogens is 326 g/mol. The zero-order chi connectivity index (χ0) is 16.9. The highest BCUT2D eigenvalue weighted by Crippen LogP contribution is 2.43. The molecule has 1 unspecified atom stereocenters. The Balaban J connectivity index is 1.45. The van der Waals surface area contributed by atoms with Gasteiger partial charge in [-0.25, -0.2) is 12.7 Å². The van der Waals surface area contributed by atoms with Crippen molar-refractivity contribution in [1.29, 1.82) is 0 Å². The number of aromatic nitrogens is 1. The van der Waals surface area contributed by atoms with E-state index in [0.717, 1.165) is 63.2 Å². The first-order valence-corrected chi connectivity index (χ1v) is 10.5. The normalized spacial score (nSPS) is 29.6. The van der Waals surface area contributed by atoms with Crippen LogP contribution in [0.5, 0.6) is 0 Å². The van der Waals surface area contributed by atoms with Crippen LogP contribution in [0.3, 0.4) is 0 Å². The van der Waals surface area contributed by atoms with Crippen molar-refractivity contribution >= 4 is 10.0 Å². The molecule has 24 heavy (non-hydrogen) atoms. The third kappa shape index (κ3) is 2.91. The molecule has 1 aliphatic carbocycles. The molecule has 134 valence electrons. The summed E-state index contributed by atoms with van der Waals surface area (Å²) in [5, 5.41) is 3.96. The largest absolute Gasteiger partial charge is 0.361 e. The summed E-state index contributed by atoms with van der Waals surface area (Å²) in [5.74, 6) is 0.900. The first kappa shape index (κ1) is 16.5. The minimum atomic E-state index is -3.03. The third-order valence-corrected chi connectivity index (χ3v) is 8.36. The van der Waals surface area contributed by atoms with E-state index < -0.39 is 10.0 Å². The summed E-state index contributed by atoms with van der Waals surface area (Å²) in [6, 6.07) is 0. The number of hydrogen-bond acceptors (Lipinski definition) is 5. The molecule has 0 bridgehead atoms. The number of aryl methyl sites for hydroxylation is 2. The quantitative estimate of drug-likeness (QED) is 0.829. The predicted molar refractivity (Wildman–Crippen MR) is 91.1 cm³/mol. The molecule has 1 aromatic heterocycles. The molecule has 3 fully saturated rings. The molecule has 1 aromatic rings. The smallest absolute Gasteiger partial charge is 0.217 e. The molecule has 7 heteroatoms. The van der Waals surface area contributed by atoms with Crippen molar-refractivity contribution < 1.29 is 12.9 Å². The van der Waals surface area contributed by atoms with E-state index in [1.54, 1.807) is 4.31 Å². The van der Waals surface area contributed by atoms with E-state index in [4.69, 9.17) is 4.52 Å². The molecule has 0 amide bonds. The molecular formula is C17H27N3O3S. The molecule has 3 aliphatic rings. The summed E-state index contributed by atoms with van der Waals surface area (Å²) in [6.45, 7) is 8.29.